The van der Waals surface area contributed by atoms with Crippen molar-refractivity contribution < 1.29 is 18.4 Å². The molecule has 0 bridgehead atoms. The topological polar surface area (TPSA) is 70.2 Å². The highest BCUT2D eigenvalue weighted by molar-refractivity contribution is 5.93. The van der Waals surface area contributed by atoms with Gasteiger partial charge >= 0.3 is 0 Å². The summed E-state index contributed by atoms with van der Waals surface area (Å²) in [6, 6.07) is 11.0. The number of hydrogen-bond donors (Lipinski definition) is 3. The van der Waals surface area contributed by atoms with E-state index in [1.807, 2.05) is 37.3 Å². The first-order valence-corrected chi connectivity index (χ1v) is 7.71. The molecule has 0 fully saturated rings. The SMILES string of the molecule is CC(=O)Nc1cc(F)c(F)cc1NCC(=O)NC(C)c1ccccc1. The summed E-state index contributed by atoms with van der Waals surface area (Å²) >= 11 is 0. The molecule has 2 amide bonds. The Labute approximate surface area is 144 Å². The highest BCUT2D eigenvalue weighted by Gasteiger charge is 2.13. The molecule has 3 N–H and O–H groups in total. The molecule has 25 heavy (non-hydrogen) atoms. The fraction of sp³-hybridized carbons (Fsp3) is 0.222. The molecule has 0 radical (unpaired) electrons. The molecule has 2 aromatic rings. The van der Waals surface area contributed by atoms with E-state index in [1.165, 1.54) is 6.92 Å². The second-order valence-corrected chi connectivity index (χ2v) is 5.55. The van der Waals surface area contributed by atoms with E-state index in [0.29, 0.717) is 0 Å². The highest BCUT2D eigenvalue weighted by atomic mass is 19.2. The number of halogens is 2. The minimum Gasteiger partial charge on any atom is -0.374 e. The van der Waals surface area contributed by atoms with E-state index in [0.717, 1.165) is 17.7 Å². The predicted molar refractivity (Wildman–Crippen MR) is 92.2 cm³/mol. The zero-order valence-electron chi connectivity index (χ0n) is 13.9. The van der Waals surface area contributed by atoms with Gasteiger partial charge in [-0.25, -0.2) is 8.78 Å². The van der Waals surface area contributed by atoms with Gasteiger partial charge in [0.2, 0.25) is 11.8 Å². The van der Waals surface area contributed by atoms with Crippen molar-refractivity contribution in [1.29, 1.82) is 0 Å². The van der Waals surface area contributed by atoms with Crippen LogP contribution in [0.5, 0.6) is 0 Å². The van der Waals surface area contributed by atoms with Crippen molar-refractivity contribution in [2.24, 2.45) is 0 Å². The van der Waals surface area contributed by atoms with Crippen molar-refractivity contribution >= 4 is 23.2 Å². The van der Waals surface area contributed by atoms with Gasteiger partial charge in [0.1, 0.15) is 0 Å². The first kappa shape index (κ1) is 18.4. The minimum atomic E-state index is -1.09. The van der Waals surface area contributed by atoms with Crippen LogP contribution in [0.15, 0.2) is 42.5 Å². The van der Waals surface area contributed by atoms with Crippen molar-refractivity contribution in [3.8, 4) is 0 Å². The van der Waals surface area contributed by atoms with E-state index in [2.05, 4.69) is 16.0 Å². The number of carbonyl (C=O) groups excluding carboxylic acids is 2. The Morgan fingerprint density at radius 3 is 2.24 bits per heavy atom. The zero-order chi connectivity index (χ0) is 18.4. The maximum atomic E-state index is 13.4. The van der Waals surface area contributed by atoms with Gasteiger partial charge in [-0.05, 0) is 12.5 Å². The zero-order valence-corrected chi connectivity index (χ0v) is 13.9. The summed E-state index contributed by atoms with van der Waals surface area (Å²) in [6.07, 6.45) is 0. The molecule has 0 aliphatic heterocycles. The lowest BCUT2D eigenvalue weighted by molar-refractivity contribution is -0.120. The van der Waals surface area contributed by atoms with E-state index in [1.54, 1.807) is 0 Å². The summed E-state index contributed by atoms with van der Waals surface area (Å²) in [5.74, 6) is -2.92. The number of benzene rings is 2. The number of amides is 2. The largest absolute Gasteiger partial charge is 0.374 e. The smallest absolute Gasteiger partial charge is 0.239 e. The Morgan fingerprint density at radius 2 is 1.64 bits per heavy atom. The highest BCUT2D eigenvalue weighted by Crippen LogP contribution is 2.25. The molecule has 0 spiro atoms. The van der Waals surface area contributed by atoms with Crippen LogP contribution in [-0.2, 0) is 9.59 Å². The van der Waals surface area contributed by atoms with E-state index in [4.69, 9.17) is 0 Å². The molecule has 0 saturated carbocycles. The molecule has 132 valence electrons. The van der Waals surface area contributed by atoms with Gasteiger partial charge in [0.15, 0.2) is 11.6 Å². The van der Waals surface area contributed by atoms with E-state index >= 15 is 0 Å². The van der Waals surface area contributed by atoms with Crippen molar-refractivity contribution in [3.63, 3.8) is 0 Å². The lowest BCUT2D eigenvalue weighted by Crippen LogP contribution is -2.32. The third kappa shape index (κ3) is 5.27. The number of carbonyl (C=O) groups is 2. The van der Waals surface area contributed by atoms with E-state index in [9.17, 15) is 18.4 Å². The van der Waals surface area contributed by atoms with Crippen LogP contribution in [-0.4, -0.2) is 18.4 Å². The number of anilines is 2. The molecule has 5 nitrogen and oxygen atoms in total. The lowest BCUT2D eigenvalue weighted by Gasteiger charge is -2.16. The Kier molecular flexibility index (Phi) is 6.05. The van der Waals surface area contributed by atoms with Gasteiger partial charge in [0.05, 0.1) is 24.0 Å². The number of hydrogen-bond acceptors (Lipinski definition) is 3. The third-order valence-corrected chi connectivity index (χ3v) is 3.49. The van der Waals surface area contributed by atoms with Crippen LogP contribution in [0.4, 0.5) is 20.2 Å². The molecule has 1 unspecified atom stereocenters. The van der Waals surface area contributed by atoms with Crippen LogP contribution in [0, 0.1) is 11.6 Å². The van der Waals surface area contributed by atoms with Gasteiger partial charge in [-0.1, -0.05) is 30.3 Å². The first-order chi connectivity index (χ1) is 11.9. The molecular formula is C18H19F2N3O2. The van der Waals surface area contributed by atoms with Gasteiger partial charge in [-0.15, -0.1) is 0 Å². The van der Waals surface area contributed by atoms with Crippen LogP contribution in [0.1, 0.15) is 25.5 Å². The molecule has 2 rings (SSSR count). The van der Waals surface area contributed by atoms with Crippen molar-refractivity contribution in [1.82, 2.24) is 5.32 Å². The molecule has 2 aromatic carbocycles. The summed E-state index contributed by atoms with van der Waals surface area (Å²) in [7, 11) is 0. The lowest BCUT2D eigenvalue weighted by atomic mass is 10.1. The van der Waals surface area contributed by atoms with Crippen LogP contribution >= 0.6 is 0 Å². The first-order valence-electron chi connectivity index (χ1n) is 7.71. The fourth-order valence-electron chi connectivity index (χ4n) is 2.28. The number of rotatable bonds is 6. The molecule has 1 atom stereocenters. The van der Waals surface area contributed by atoms with Crippen LogP contribution in [0.25, 0.3) is 0 Å². The van der Waals surface area contributed by atoms with Crippen molar-refractivity contribution in [3.05, 3.63) is 59.7 Å². The normalized spacial score (nSPS) is 11.5. The quantitative estimate of drug-likeness (QED) is 0.751. The van der Waals surface area contributed by atoms with Gasteiger partial charge in [0.25, 0.3) is 0 Å². The third-order valence-electron chi connectivity index (χ3n) is 3.49. The summed E-state index contributed by atoms with van der Waals surface area (Å²) < 4.78 is 26.8. The molecule has 0 aliphatic carbocycles. The summed E-state index contributed by atoms with van der Waals surface area (Å²) in [6.45, 7) is 2.93. The van der Waals surface area contributed by atoms with E-state index in [-0.39, 0.29) is 29.9 Å². The monoisotopic (exact) mass is 347 g/mol. The summed E-state index contributed by atoms with van der Waals surface area (Å²) in [4.78, 5) is 23.2. The van der Waals surface area contributed by atoms with Gasteiger partial charge < -0.3 is 16.0 Å². The standard InChI is InChI=1S/C18H19F2N3O2/c1-11(13-6-4-3-5-7-13)22-18(25)10-21-16-8-14(19)15(20)9-17(16)23-12(2)24/h3-9,11,21H,10H2,1-2H3,(H,22,25)(H,23,24). The Morgan fingerprint density at radius 1 is 1.04 bits per heavy atom. The van der Waals surface area contributed by atoms with Crippen LogP contribution in [0.3, 0.4) is 0 Å². The van der Waals surface area contributed by atoms with Gasteiger partial charge in [-0.2, -0.15) is 0 Å². The second-order valence-electron chi connectivity index (χ2n) is 5.55. The van der Waals surface area contributed by atoms with Crippen LogP contribution < -0.4 is 16.0 Å². The van der Waals surface area contributed by atoms with E-state index < -0.39 is 17.5 Å². The van der Waals surface area contributed by atoms with Gasteiger partial charge in [0, 0.05) is 19.1 Å². The second kappa shape index (κ2) is 8.23. The average Bonchev–Trinajstić information content (AvgIpc) is 2.57. The Bertz CT molecular complexity index is 766. The Balaban J connectivity index is 2.01. The fourth-order valence-corrected chi connectivity index (χ4v) is 2.28. The summed E-state index contributed by atoms with van der Waals surface area (Å²) in [5.41, 5.74) is 1.13. The van der Waals surface area contributed by atoms with Crippen molar-refractivity contribution in [2.45, 2.75) is 19.9 Å². The maximum Gasteiger partial charge on any atom is 0.239 e. The minimum absolute atomic E-state index is 0.0651. The molecule has 0 heterocycles. The van der Waals surface area contributed by atoms with Gasteiger partial charge in [-0.3, -0.25) is 9.59 Å². The summed E-state index contributed by atoms with van der Waals surface area (Å²) in [5, 5.41) is 7.90. The van der Waals surface area contributed by atoms with Crippen molar-refractivity contribution in [2.75, 3.05) is 17.2 Å². The maximum absolute atomic E-state index is 13.4. The predicted octanol–water partition coefficient (Wildman–Crippen LogP) is 3.21. The average molecular weight is 347 g/mol. The Hall–Kier alpha value is -2.96. The number of nitrogens with one attached hydrogen (secondary N) is 3. The molecule has 0 saturated heterocycles. The molecule has 7 heteroatoms. The van der Waals surface area contributed by atoms with Crippen LogP contribution in [0.2, 0.25) is 0 Å². The molecule has 0 aliphatic rings. The molecular weight excluding hydrogens is 328 g/mol. The molecule has 0 aromatic heterocycles.